The van der Waals surface area contributed by atoms with Crippen molar-refractivity contribution in [3.8, 4) is 0 Å². The van der Waals surface area contributed by atoms with Gasteiger partial charge in [-0.3, -0.25) is 9.69 Å². The van der Waals surface area contributed by atoms with Gasteiger partial charge in [-0.15, -0.1) is 0 Å². The molecule has 7 heteroatoms. The molecular weight excluding hydrogens is 320 g/mol. The SMILES string of the molecule is CC1CCCC(C)N1C(=O)CN1CCN(C(=O)N2CCOCC2)CC1. The van der Waals surface area contributed by atoms with E-state index >= 15 is 0 Å². The third-order valence-electron chi connectivity index (χ3n) is 5.76. The van der Waals surface area contributed by atoms with Gasteiger partial charge in [-0.05, 0) is 33.1 Å². The molecule has 0 aromatic carbocycles. The van der Waals surface area contributed by atoms with Gasteiger partial charge in [-0.1, -0.05) is 0 Å². The first-order valence-corrected chi connectivity index (χ1v) is 9.71. The molecule has 7 nitrogen and oxygen atoms in total. The maximum absolute atomic E-state index is 12.7. The molecule has 0 bridgehead atoms. The Hall–Kier alpha value is -1.34. The molecule has 0 N–H and O–H groups in total. The highest BCUT2D eigenvalue weighted by Crippen LogP contribution is 2.22. The number of rotatable bonds is 2. The van der Waals surface area contributed by atoms with Crippen LogP contribution in [0.15, 0.2) is 0 Å². The number of nitrogens with zero attached hydrogens (tertiary/aromatic N) is 4. The van der Waals surface area contributed by atoms with Gasteiger partial charge in [0.2, 0.25) is 5.91 Å². The number of carbonyl (C=O) groups is 2. The van der Waals surface area contributed by atoms with Crippen LogP contribution in [0.1, 0.15) is 33.1 Å². The van der Waals surface area contributed by atoms with Crippen molar-refractivity contribution in [1.82, 2.24) is 19.6 Å². The largest absolute Gasteiger partial charge is 0.378 e. The molecular formula is C18H32N4O3. The molecule has 0 aromatic rings. The number of carbonyl (C=O) groups excluding carboxylic acids is 2. The highest BCUT2D eigenvalue weighted by atomic mass is 16.5. The lowest BCUT2D eigenvalue weighted by Gasteiger charge is -2.42. The van der Waals surface area contributed by atoms with Crippen LogP contribution in [0.25, 0.3) is 0 Å². The standard InChI is InChI=1S/C18H32N4O3/c1-15-4-3-5-16(2)22(15)17(23)14-19-6-8-20(9-7-19)18(24)21-10-12-25-13-11-21/h15-16H,3-14H2,1-2H3. The highest BCUT2D eigenvalue weighted by molar-refractivity contribution is 5.79. The topological polar surface area (TPSA) is 56.3 Å². The number of ether oxygens (including phenoxy) is 1. The predicted molar refractivity (Wildman–Crippen MR) is 95.4 cm³/mol. The molecule has 0 aliphatic carbocycles. The second kappa shape index (κ2) is 8.36. The van der Waals surface area contributed by atoms with E-state index in [1.165, 1.54) is 6.42 Å². The summed E-state index contributed by atoms with van der Waals surface area (Å²) in [4.78, 5) is 33.3. The predicted octanol–water partition coefficient (Wildman–Crippen LogP) is 0.846. The average molecular weight is 352 g/mol. The Bertz CT molecular complexity index is 463. The maximum atomic E-state index is 12.7. The second-order valence-corrected chi connectivity index (χ2v) is 7.58. The van der Waals surface area contributed by atoms with E-state index in [1.54, 1.807) is 0 Å². The number of piperazine rings is 1. The molecule has 0 spiro atoms. The van der Waals surface area contributed by atoms with Crippen LogP contribution < -0.4 is 0 Å². The molecule has 0 saturated carbocycles. The number of likely N-dealkylation sites (tertiary alicyclic amines) is 1. The van der Waals surface area contributed by atoms with Gasteiger partial charge in [0.1, 0.15) is 0 Å². The zero-order valence-corrected chi connectivity index (χ0v) is 15.7. The summed E-state index contributed by atoms with van der Waals surface area (Å²) >= 11 is 0. The molecule has 2 unspecified atom stereocenters. The van der Waals surface area contributed by atoms with Crippen LogP contribution in [0.4, 0.5) is 4.79 Å². The molecule has 0 aromatic heterocycles. The summed E-state index contributed by atoms with van der Waals surface area (Å²) in [5.41, 5.74) is 0. The van der Waals surface area contributed by atoms with E-state index in [9.17, 15) is 9.59 Å². The Labute approximate surface area is 150 Å². The fourth-order valence-corrected chi connectivity index (χ4v) is 4.24. The molecule has 3 aliphatic rings. The summed E-state index contributed by atoms with van der Waals surface area (Å²) < 4.78 is 5.31. The van der Waals surface area contributed by atoms with E-state index in [2.05, 4.69) is 23.6 Å². The summed E-state index contributed by atoms with van der Waals surface area (Å²) in [6.07, 6.45) is 3.43. The van der Waals surface area contributed by atoms with Crippen LogP contribution in [0.2, 0.25) is 0 Å². The van der Waals surface area contributed by atoms with E-state index in [0.29, 0.717) is 58.0 Å². The lowest BCUT2D eigenvalue weighted by atomic mass is 9.97. The summed E-state index contributed by atoms with van der Waals surface area (Å²) in [5, 5.41) is 0. The van der Waals surface area contributed by atoms with Gasteiger partial charge < -0.3 is 19.4 Å². The highest BCUT2D eigenvalue weighted by Gasteiger charge is 2.31. The molecule has 2 atom stereocenters. The normalized spacial score (nSPS) is 29.0. The van der Waals surface area contributed by atoms with Crippen molar-refractivity contribution in [2.24, 2.45) is 0 Å². The first-order valence-electron chi connectivity index (χ1n) is 9.71. The summed E-state index contributed by atoms with van der Waals surface area (Å²) in [5.74, 6) is 0.243. The summed E-state index contributed by atoms with van der Waals surface area (Å²) in [7, 11) is 0. The van der Waals surface area contributed by atoms with E-state index in [-0.39, 0.29) is 11.9 Å². The first-order chi connectivity index (χ1) is 12.1. The van der Waals surface area contributed by atoms with Gasteiger partial charge in [0.15, 0.2) is 0 Å². The minimum atomic E-state index is 0.118. The number of amides is 3. The van der Waals surface area contributed by atoms with Gasteiger partial charge in [0, 0.05) is 51.4 Å². The molecule has 3 fully saturated rings. The molecule has 142 valence electrons. The Morgan fingerprint density at radius 2 is 1.44 bits per heavy atom. The van der Waals surface area contributed by atoms with Crippen molar-refractivity contribution in [2.45, 2.75) is 45.2 Å². The fourth-order valence-electron chi connectivity index (χ4n) is 4.24. The third kappa shape index (κ3) is 4.44. The lowest BCUT2D eigenvalue weighted by Crippen LogP contribution is -2.57. The lowest BCUT2D eigenvalue weighted by molar-refractivity contribution is -0.138. The quantitative estimate of drug-likeness (QED) is 0.739. The zero-order chi connectivity index (χ0) is 17.8. The monoisotopic (exact) mass is 352 g/mol. The summed E-state index contributed by atoms with van der Waals surface area (Å²) in [6, 6.07) is 0.813. The second-order valence-electron chi connectivity index (χ2n) is 7.58. The Morgan fingerprint density at radius 1 is 0.880 bits per heavy atom. The third-order valence-corrected chi connectivity index (χ3v) is 5.76. The molecule has 25 heavy (non-hydrogen) atoms. The Kier molecular flexibility index (Phi) is 6.17. The summed E-state index contributed by atoms with van der Waals surface area (Å²) in [6.45, 7) is 10.4. The molecule has 0 radical (unpaired) electrons. The van der Waals surface area contributed by atoms with Crippen molar-refractivity contribution in [3.05, 3.63) is 0 Å². The Morgan fingerprint density at radius 3 is 2.04 bits per heavy atom. The van der Waals surface area contributed by atoms with Crippen LogP contribution in [-0.2, 0) is 9.53 Å². The van der Waals surface area contributed by atoms with Gasteiger partial charge in [-0.25, -0.2) is 4.79 Å². The Balaban J connectivity index is 1.45. The van der Waals surface area contributed by atoms with Crippen LogP contribution in [0, 0.1) is 0 Å². The number of hydrogen-bond donors (Lipinski definition) is 0. The van der Waals surface area contributed by atoms with Crippen molar-refractivity contribution in [3.63, 3.8) is 0 Å². The van der Waals surface area contributed by atoms with Gasteiger partial charge >= 0.3 is 6.03 Å². The minimum Gasteiger partial charge on any atom is -0.378 e. The zero-order valence-electron chi connectivity index (χ0n) is 15.7. The molecule has 3 saturated heterocycles. The van der Waals surface area contributed by atoms with E-state index in [1.807, 2.05) is 9.80 Å². The van der Waals surface area contributed by atoms with Gasteiger partial charge in [0.25, 0.3) is 0 Å². The number of piperidine rings is 1. The van der Waals surface area contributed by atoms with Crippen LogP contribution in [0.5, 0.6) is 0 Å². The number of morpholine rings is 1. The van der Waals surface area contributed by atoms with Crippen LogP contribution in [0.3, 0.4) is 0 Å². The van der Waals surface area contributed by atoms with Gasteiger partial charge in [0.05, 0.1) is 19.8 Å². The average Bonchev–Trinajstić information content (AvgIpc) is 2.62. The van der Waals surface area contributed by atoms with E-state index < -0.39 is 0 Å². The smallest absolute Gasteiger partial charge is 0.320 e. The van der Waals surface area contributed by atoms with Crippen LogP contribution in [-0.4, -0.2) is 103 Å². The first kappa shape index (κ1) is 18.5. The maximum Gasteiger partial charge on any atom is 0.320 e. The van der Waals surface area contributed by atoms with Crippen LogP contribution >= 0.6 is 0 Å². The van der Waals surface area contributed by atoms with E-state index in [4.69, 9.17) is 4.74 Å². The minimum absolute atomic E-state index is 0.118. The molecule has 3 rings (SSSR count). The number of urea groups is 1. The van der Waals surface area contributed by atoms with E-state index in [0.717, 1.165) is 25.9 Å². The van der Waals surface area contributed by atoms with Gasteiger partial charge in [-0.2, -0.15) is 0 Å². The van der Waals surface area contributed by atoms with Crippen molar-refractivity contribution >= 4 is 11.9 Å². The molecule has 3 amide bonds. The fraction of sp³-hybridized carbons (Fsp3) is 0.889. The van der Waals surface area contributed by atoms with Crippen molar-refractivity contribution in [2.75, 3.05) is 59.0 Å². The van der Waals surface area contributed by atoms with Crippen molar-refractivity contribution < 1.29 is 14.3 Å². The van der Waals surface area contributed by atoms with Crippen molar-refractivity contribution in [1.29, 1.82) is 0 Å². The number of hydrogen-bond acceptors (Lipinski definition) is 4. The molecule has 3 heterocycles. The molecule has 3 aliphatic heterocycles.